The van der Waals surface area contributed by atoms with Gasteiger partial charge in [0.2, 0.25) is 0 Å². The van der Waals surface area contributed by atoms with Crippen molar-refractivity contribution in [1.29, 1.82) is 0 Å². The van der Waals surface area contributed by atoms with Crippen LogP contribution in [0.15, 0.2) is 11.6 Å². The summed E-state index contributed by atoms with van der Waals surface area (Å²) in [5.41, 5.74) is -0.0850. The largest absolute Gasteiger partial charge is 0.458 e. The second-order valence-corrected chi connectivity index (χ2v) is 19.4. The predicted molar refractivity (Wildman–Crippen MR) is 203 cm³/mol. The Morgan fingerprint density at radius 1 is 0.733 bits per heavy atom. The van der Waals surface area contributed by atoms with Crippen LogP contribution in [0.1, 0.15) is 78.6 Å². The molecule has 4 aliphatic carbocycles. The van der Waals surface area contributed by atoms with Crippen LogP contribution >= 0.6 is 0 Å². The van der Waals surface area contributed by atoms with Gasteiger partial charge in [-0.15, -0.1) is 0 Å². The van der Waals surface area contributed by atoms with Crippen LogP contribution in [0.4, 0.5) is 0 Å². The van der Waals surface area contributed by atoms with E-state index in [9.17, 15) is 50.8 Å². The Morgan fingerprint density at radius 2 is 1.42 bits per heavy atom. The smallest absolute Gasteiger partial charge is 0.331 e. The number of cyclic esters (lactones) is 1. The first-order valence-electron chi connectivity index (χ1n) is 21.8. The molecule has 9 N–H and O–H groups in total. The third-order valence-corrected chi connectivity index (χ3v) is 16.5. The van der Waals surface area contributed by atoms with E-state index in [1.54, 1.807) is 13.0 Å². The zero-order chi connectivity index (χ0) is 43.1. The number of aliphatic hydroxyl groups is 9. The maximum atomic E-state index is 12.6. The van der Waals surface area contributed by atoms with Gasteiger partial charge >= 0.3 is 5.97 Å². The fourth-order valence-electron chi connectivity index (χ4n) is 13.0. The van der Waals surface area contributed by atoms with Crippen LogP contribution in [0.5, 0.6) is 0 Å². The average Bonchev–Trinajstić information content (AvgIpc) is 3.78. The van der Waals surface area contributed by atoms with E-state index in [2.05, 4.69) is 13.8 Å². The van der Waals surface area contributed by atoms with Crippen LogP contribution in [-0.2, 0) is 42.7 Å². The third-order valence-electron chi connectivity index (χ3n) is 16.5. The minimum Gasteiger partial charge on any atom is -0.458 e. The Balaban J connectivity index is 0.875. The van der Waals surface area contributed by atoms with Crippen LogP contribution in [0.25, 0.3) is 0 Å². The zero-order valence-electron chi connectivity index (χ0n) is 34.8. The molecular weight excluding hydrogens is 792 g/mol. The first kappa shape index (κ1) is 45.1. The van der Waals surface area contributed by atoms with Gasteiger partial charge in [-0.25, -0.2) is 4.79 Å². The normalized spacial score (nSPS) is 54.4. The van der Waals surface area contributed by atoms with Gasteiger partial charge in [-0.1, -0.05) is 13.8 Å². The molecule has 0 spiro atoms. The summed E-state index contributed by atoms with van der Waals surface area (Å²) >= 11 is 0. The van der Waals surface area contributed by atoms with Gasteiger partial charge in [-0.3, -0.25) is 0 Å². The summed E-state index contributed by atoms with van der Waals surface area (Å²) in [5.74, 6) is 0.725. The van der Waals surface area contributed by atoms with Crippen molar-refractivity contribution in [3.8, 4) is 0 Å². The molecule has 60 heavy (non-hydrogen) atoms. The number of carbonyl (C=O) groups excluding carboxylic acids is 1. The van der Waals surface area contributed by atoms with Crippen LogP contribution in [-0.4, -0.2) is 183 Å². The molecule has 18 nitrogen and oxygen atoms in total. The van der Waals surface area contributed by atoms with E-state index in [0.717, 1.165) is 63.4 Å². The van der Waals surface area contributed by atoms with Crippen molar-refractivity contribution >= 4 is 5.97 Å². The Kier molecular flexibility index (Phi) is 12.9. The minimum absolute atomic E-state index is 0.00760. The molecule has 7 fully saturated rings. The molecule has 0 bridgehead atoms. The molecule has 3 saturated heterocycles. The van der Waals surface area contributed by atoms with Crippen molar-refractivity contribution in [3.05, 3.63) is 11.6 Å². The highest BCUT2D eigenvalue weighted by molar-refractivity contribution is 5.85. The lowest BCUT2D eigenvalue weighted by Gasteiger charge is -2.64. The predicted octanol–water partition coefficient (Wildman–Crippen LogP) is -1.24. The number of ether oxygens (including phenoxy) is 8. The molecule has 8 rings (SSSR count). The summed E-state index contributed by atoms with van der Waals surface area (Å²) in [6, 6.07) is 0. The molecule has 4 saturated carbocycles. The summed E-state index contributed by atoms with van der Waals surface area (Å²) in [6.45, 7) is 5.42. The number of carbonyl (C=O) groups is 1. The Labute approximate surface area is 349 Å². The number of rotatable bonds is 10. The maximum Gasteiger partial charge on any atom is 0.331 e. The maximum absolute atomic E-state index is 12.6. The van der Waals surface area contributed by atoms with Gasteiger partial charge in [-0.2, -0.15) is 0 Å². The number of hydrogen-bond acceptors (Lipinski definition) is 18. The van der Waals surface area contributed by atoms with Crippen molar-refractivity contribution in [1.82, 2.24) is 0 Å². The SMILES string of the molecule is CO[C@@H]1[C@@H](O)[C@H](O[C@H]2CC[C@@]3(C)[C@H](CC[C@@H]4[C@@H]3CC[C@]3(C)[C@@H](C5=CC(=O)OC5)CC[C@]43O)C2)O[C@H](C)[C@H]1O[C@@H]1O[C@H](CO[C@@H]2O[C@H](CO)[C@@H](O)[C@H](O)[C@H]2O)[C@@H](O)[C@H](O)[C@H]1O. The van der Waals surface area contributed by atoms with Gasteiger partial charge in [0.1, 0.15) is 73.8 Å². The Morgan fingerprint density at radius 3 is 2.10 bits per heavy atom. The van der Waals surface area contributed by atoms with E-state index in [1.165, 1.54) is 7.11 Å². The molecular formula is C42H66O18. The van der Waals surface area contributed by atoms with E-state index in [1.807, 2.05) is 0 Å². The van der Waals surface area contributed by atoms with Crippen molar-refractivity contribution in [2.24, 2.45) is 34.5 Å². The molecule has 342 valence electrons. The summed E-state index contributed by atoms with van der Waals surface area (Å²) in [5, 5.41) is 96.6. The van der Waals surface area contributed by atoms with Gasteiger partial charge < -0.3 is 83.9 Å². The van der Waals surface area contributed by atoms with Gasteiger partial charge in [0.15, 0.2) is 18.9 Å². The number of esters is 1. The fraction of sp³-hybridized carbons (Fsp3) is 0.929. The van der Waals surface area contributed by atoms with E-state index in [-0.39, 0.29) is 34.7 Å². The number of fused-ring (bicyclic) bond motifs is 5. The average molecular weight is 859 g/mol. The second-order valence-electron chi connectivity index (χ2n) is 19.4. The first-order chi connectivity index (χ1) is 28.4. The molecule has 0 radical (unpaired) electrons. The summed E-state index contributed by atoms with van der Waals surface area (Å²) in [7, 11) is 1.39. The molecule has 0 aromatic heterocycles. The molecule has 23 atom stereocenters. The zero-order valence-corrected chi connectivity index (χ0v) is 34.8. The minimum atomic E-state index is -1.77. The molecule has 0 amide bonds. The molecule has 8 aliphatic rings. The lowest BCUT2D eigenvalue weighted by Crippen LogP contribution is -2.65. The Hall–Kier alpha value is -1.43. The molecule has 18 heteroatoms. The summed E-state index contributed by atoms with van der Waals surface area (Å²) in [6.07, 6.45) is -11.9. The Bertz CT molecular complexity index is 1570. The van der Waals surface area contributed by atoms with Crippen molar-refractivity contribution in [2.45, 2.75) is 182 Å². The first-order valence-corrected chi connectivity index (χ1v) is 21.8. The number of methoxy groups -OCH3 is 1. The van der Waals surface area contributed by atoms with Gasteiger partial charge in [-0.05, 0) is 99.4 Å². The highest BCUT2D eigenvalue weighted by atomic mass is 16.8. The van der Waals surface area contributed by atoms with E-state index in [0.29, 0.717) is 18.4 Å². The van der Waals surface area contributed by atoms with E-state index < -0.39 is 111 Å². The van der Waals surface area contributed by atoms with Gasteiger partial charge in [0.05, 0.1) is 31.0 Å². The summed E-state index contributed by atoms with van der Waals surface area (Å²) in [4.78, 5) is 12.0. The standard InChI is InChI=1S/C42H66O18/c1-18-35(60-38-33(50)31(48)29(46)26(59-38)17-55-37-32(49)30(47)28(45)25(15-43)58-37)36(53-4)34(51)39(56-18)57-21-7-10-40(2)20(14-21)5-6-24-23(40)8-11-41(3)22(9-12-42(24,41)52)19-13-27(44)54-16-19/h13,18,20-26,28-39,43,45-52H,5-12,14-17H2,1-4H3/t18-,20-,21+,22-,23+,24-,25-,26-,28-,29-,30+,31+,32-,33-,34-,35-,36-,37-,38+,39+,40+,41-,42+/m1/s1. The number of aliphatic hydroxyl groups excluding tert-OH is 8. The fourth-order valence-corrected chi connectivity index (χ4v) is 13.0. The third kappa shape index (κ3) is 7.50. The highest BCUT2D eigenvalue weighted by Gasteiger charge is 2.68. The van der Waals surface area contributed by atoms with Crippen LogP contribution in [0.3, 0.4) is 0 Å². The van der Waals surface area contributed by atoms with Crippen LogP contribution in [0.2, 0.25) is 0 Å². The van der Waals surface area contributed by atoms with Crippen molar-refractivity contribution < 1.29 is 88.6 Å². The number of hydrogen-bond donors (Lipinski definition) is 9. The van der Waals surface area contributed by atoms with Gasteiger partial charge in [0, 0.05) is 18.6 Å². The molecule has 0 aromatic carbocycles. The van der Waals surface area contributed by atoms with E-state index in [4.69, 9.17) is 37.9 Å². The topological polar surface area (TPSA) is 273 Å². The van der Waals surface area contributed by atoms with Crippen LogP contribution < -0.4 is 0 Å². The molecule has 4 heterocycles. The van der Waals surface area contributed by atoms with Crippen molar-refractivity contribution in [3.63, 3.8) is 0 Å². The van der Waals surface area contributed by atoms with Crippen LogP contribution in [0, 0.1) is 34.5 Å². The molecule has 0 unspecified atom stereocenters. The lowest BCUT2D eigenvalue weighted by atomic mass is 9.43. The summed E-state index contributed by atoms with van der Waals surface area (Å²) < 4.78 is 46.6. The molecule has 0 aromatic rings. The second kappa shape index (κ2) is 17.2. The van der Waals surface area contributed by atoms with E-state index >= 15 is 0 Å². The highest BCUT2D eigenvalue weighted by Crippen LogP contribution is 2.70. The lowest BCUT2D eigenvalue weighted by molar-refractivity contribution is -0.367. The van der Waals surface area contributed by atoms with Gasteiger partial charge in [0.25, 0.3) is 0 Å². The quantitative estimate of drug-likeness (QED) is 0.0918. The molecule has 4 aliphatic heterocycles. The van der Waals surface area contributed by atoms with Crippen molar-refractivity contribution in [2.75, 3.05) is 26.9 Å². The monoisotopic (exact) mass is 858 g/mol.